The van der Waals surface area contributed by atoms with Gasteiger partial charge in [-0.15, -0.1) is 5.10 Å². The summed E-state index contributed by atoms with van der Waals surface area (Å²) in [5, 5.41) is 7.43. The van der Waals surface area contributed by atoms with Gasteiger partial charge < -0.3 is 15.0 Å². The summed E-state index contributed by atoms with van der Waals surface area (Å²) in [5.41, 5.74) is 4.34. The van der Waals surface area contributed by atoms with Gasteiger partial charge in [0.25, 0.3) is 5.91 Å². The van der Waals surface area contributed by atoms with E-state index in [2.05, 4.69) is 63.6 Å². The number of carbonyl (C=O) groups excluding carboxylic acids is 1. The predicted molar refractivity (Wildman–Crippen MR) is 115 cm³/mol. The summed E-state index contributed by atoms with van der Waals surface area (Å²) in [7, 11) is 0. The number of hydrogen-bond donors (Lipinski definition) is 1. The van der Waals surface area contributed by atoms with E-state index in [0.717, 1.165) is 42.8 Å². The molecule has 7 nitrogen and oxygen atoms in total. The molecule has 2 fully saturated rings. The second-order valence-electron chi connectivity index (χ2n) is 8.72. The minimum absolute atomic E-state index is 0.0426. The number of pyridine rings is 1. The summed E-state index contributed by atoms with van der Waals surface area (Å²) in [6.45, 7) is 7.53. The van der Waals surface area contributed by atoms with Gasteiger partial charge in [-0.1, -0.05) is 37.3 Å². The number of ether oxygens (including phenoxy) is 1. The predicted octanol–water partition coefficient (Wildman–Crippen LogP) is 2.72. The second-order valence-corrected chi connectivity index (χ2v) is 8.72. The molecule has 1 amide bonds. The van der Waals surface area contributed by atoms with Crippen LogP contribution in [0.3, 0.4) is 0 Å². The molecule has 0 radical (unpaired) electrons. The van der Waals surface area contributed by atoms with Crippen LogP contribution in [0.1, 0.15) is 41.5 Å². The molecule has 2 aliphatic rings. The molecule has 0 saturated carbocycles. The van der Waals surface area contributed by atoms with Crippen LogP contribution in [0.4, 0.5) is 5.69 Å². The maximum atomic E-state index is 12.5. The number of hydrogen-bond acceptors (Lipinski definition) is 5. The molecule has 5 rings (SSSR count). The number of aryl methyl sites for hydroxylation is 1. The Morgan fingerprint density at radius 2 is 2.13 bits per heavy atom. The van der Waals surface area contributed by atoms with Gasteiger partial charge in [-0.2, -0.15) is 0 Å². The van der Waals surface area contributed by atoms with Crippen LogP contribution in [-0.2, 0) is 10.2 Å². The molecule has 7 heteroatoms. The minimum atomic E-state index is -0.243. The molecule has 1 N–H and O–H groups in total. The Morgan fingerprint density at radius 3 is 2.90 bits per heavy atom. The molecular formula is C23H27N5O2. The van der Waals surface area contributed by atoms with Gasteiger partial charge in [0.05, 0.1) is 24.5 Å². The summed E-state index contributed by atoms with van der Waals surface area (Å²) in [5.74, 6) is -0.0364. The number of benzene rings is 1. The number of aromatic nitrogens is 3. The highest BCUT2D eigenvalue weighted by molar-refractivity contribution is 5.91. The Labute approximate surface area is 176 Å². The zero-order valence-corrected chi connectivity index (χ0v) is 17.5. The number of rotatable bonds is 4. The van der Waals surface area contributed by atoms with Crippen molar-refractivity contribution in [2.75, 3.05) is 31.2 Å². The normalized spacial score (nSPS) is 23.9. The van der Waals surface area contributed by atoms with Crippen molar-refractivity contribution >= 4 is 17.2 Å². The number of amides is 1. The van der Waals surface area contributed by atoms with E-state index in [0.29, 0.717) is 13.2 Å². The third-order valence-electron chi connectivity index (χ3n) is 6.38. The van der Waals surface area contributed by atoms with E-state index in [-0.39, 0.29) is 23.2 Å². The first kappa shape index (κ1) is 19.1. The Kier molecular flexibility index (Phi) is 4.70. The number of carbonyl (C=O) groups is 1. The van der Waals surface area contributed by atoms with Gasteiger partial charge in [0, 0.05) is 25.1 Å². The van der Waals surface area contributed by atoms with Crippen molar-refractivity contribution in [2.24, 2.45) is 0 Å². The summed E-state index contributed by atoms with van der Waals surface area (Å²) in [6, 6.07) is 12.9. The lowest BCUT2D eigenvalue weighted by Crippen LogP contribution is -2.35. The van der Waals surface area contributed by atoms with Crippen molar-refractivity contribution in [1.29, 1.82) is 0 Å². The molecule has 156 valence electrons. The molecule has 0 bridgehead atoms. The van der Waals surface area contributed by atoms with Crippen LogP contribution >= 0.6 is 0 Å². The summed E-state index contributed by atoms with van der Waals surface area (Å²) in [4.78, 5) is 19.4. The lowest BCUT2D eigenvalue weighted by Gasteiger charge is -2.26. The van der Waals surface area contributed by atoms with E-state index >= 15 is 0 Å². The Balaban J connectivity index is 1.39. The van der Waals surface area contributed by atoms with Gasteiger partial charge in [0.2, 0.25) is 5.82 Å². The fraction of sp³-hybridized carbons (Fsp3) is 0.435. The van der Waals surface area contributed by atoms with Crippen LogP contribution in [0.25, 0.3) is 5.65 Å². The summed E-state index contributed by atoms with van der Waals surface area (Å²) >= 11 is 0. The standard InChI is InChI=1S/C23H27N5O2/c1-16-12-19(27-10-9-23(2,15-27)17-6-4-3-5-7-17)13-28-21(16)25-20(26-28)22(29)24-18-8-11-30-14-18/h3-7,12-13,18H,8-11,14-15H2,1-2H3,(H,24,29)/t18?,23-/m0/s1. The van der Waals surface area contributed by atoms with E-state index in [1.54, 1.807) is 4.52 Å². The molecule has 0 aliphatic carbocycles. The van der Waals surface area contributed by atoms with Crippen molar-refractivity contribution in [2.45, 2.75) is 38.1 Å². The highest BCUT2D eigenvalue weighted by Crippen LogP contribution is 2.36. The molecule has 2 atom stereocenters. The monoisotopic (exact) mass is 405 g/mol. The van der Waals surface area contributed by atoms with E-state index < -0.39 is 0 Å². The second kappa shape index (κ2) is 7.40. The van der Waals surface area contributed by atoms with Crippen LogP contribution in [-0.4, -0.2) is 52.9 Å². The van der Waals surface area contributed by atoms with Crippen molar-refractivity contribution in [3.05, 3.63) is 59.5 Å². The Hall–Kier alpha value is -2.93. The third-order valence-corrected chi connectivity index (χ3v) is 6.38. The largest absolute Gasteiger partial charge is 0.379 e. The van der Waals surface area contributed by atoms with Crippen LogP contribution in [0.5, 0.6) is 0 Å². The van der Waals surface area contributed by atoms with E-state index in [1.165, 1.54) is 5.56 Å². The highest BCUT2D eigenvalue weighted by Gasteiger charge is 2.35. The fourth-order valence-electron chi connectivity index (χ4n) is 4.56. The minimum Gasteiger partial charge on any atom is -0.379 e. The average Bonchev–Trinajstić information content (AvgIpc) is 3.49. The van der Waals surface area contributed by atoms with Crippen molar-refractivity contribution < 1.29 is 9.53 Å². The van der Waals surface area contributed by atoms with E-state index in [9.17, 15) is 4.79 Å². The number of nitrogens with one attached hydrogen (secondary N) is 1. The smallest absolute Gasteiger partial charge is 0.291 e. The third kappa shape index (κ3) is 3.43. The molecule has 2 aromatic heterocycles. The first-order valence-electron chi connectivity index (χ1n) is 10.6. The molecule has 4 heterocycles. The van der Waals surface area contributed by atoms with Crippen molar-refractivity contribution in [3.8, 4) is 0 Å². The maximum absolute atomic E-state index is 12.5. The zero-order chi connectivity index (χ0) is 20.7. The lowest BCUT2D eigenvalue weighted by atomic mass is 9.82. The van der Waals surface area contributed by atoms with Gasteiger partial charge in [-0.3, -0.25) is 4.79 Å². The molecule has 2 aliphatic heterocycles. The molecule has 30 heavy (non-hydrogen) atoms. The van der Waals surface area contributed by atoms with Gasteiger partial charge >= 0.3 is 0 Å². The van der Waals surface area contributed by atoms with Crippen molar-refractivity contribution in [1.82, 2.24) is 19.9 Å². The number of nitrogens with zero attached hydrogens (tertiary/aromatic N) is 4. The Morgan fingerprint density at radius 1 is 1.30 bits per heavy atom. The van der Waals surface area contributed by atoms with Crippen LogP contribution in [0, 0.1) is 6.92 Å². The van der Waals surface area contributed by atoms with Gasteiger partial charge in [0.1, 0.15) is 0 Å². The summed E-state index contributed by atoms with van der Waals surface area (Å²) in [6.07, 6.45) is 3.92. The van der Waals surface area contributed by atoms with Gasteiger partial charge in [0.15, 0.2) is 5.65 Å². The van der Waals surface area contributed by atoms with Gasteiger partial charge in [-0.05, 0) is 37.0 Å². The average molecular weight is 406 g/mol. The Bertz CT molecular complexity index is 1070. The summed E-state index contributed by atoms with van der Waals surface area (Å²) < 4.78 is 7.07. The molecule has 0 spiro atoms. The maximum Gasteiger partial charge on any atom is 0.291 e. The molecule has 3 aromatic rings. The van der Waals surface area contributed by atoms with E-state index in [4.69, 9.17) is 4.74 Å². The first-order valence-corrected chi connectivity index (χ1v) is 10.6. The number of anilines is 1. The highest BCUT2D eigenvalue weighted by atomic mass is 16.5. The van der Waals surface area contributed by atoms with E-state index in [1.807, 2.05) is 13.1 Å². The quantitative estimate of drug-likeness (QED) is 0.723. The SMILES string of the molecule is Cc1cc(N2CC[C@](C)(c3ccccc3)C2)cn2nc(C(=O)NC3CCOC3)nc12. The fourth-order valence-corrected chi connectivity index (χ4v) is 4.56. The van der Waals surface area contributed by atoms with Crippen molar-refractivity contribution in [3.63, 3.8) is 0 Å². The van der Waals surface area contributed by atoms with Crippen LogP contribution in [0.2, 0.25) is 0 Å². The molecule has 2 saturated heterocycles. The molecular weight excluding hydrogens is 378 g/mol. The first-order chi connectivity index (χ1) is 14.5. The molecule has 1 unspecified atom stereocenters. The zero-order valence-electron chi connectivity index (χ0n) is 17.5. The number of fused-ring (bicyclic) bond motifs is 1. The van der Waals surface area contributed by atoms with Crippen LogP contribution < -0.4 is 10.2 Å². The van der Waals surface area contributed by atoms with Gasteiger partial charge in [-0.25, -0.2) is 9.50 Å². The van der Waals surface area contributed by atoms with Crippen LogP contribution in [0.15, 0.2) is 42.6 Å². The lowest BCUT2D eigenvalue weighted by molar-refractivity contribution is 0.0919. The topological polar surface area (TPSA) is 71.8 Å². The molecule has 1 aromatic carbocycles.